The Balaban J connectivity index is 1.70. The fraction of sp³-hybridized carbons (Fsp3) is 0.258. The van der Waals surface area contributed by atoms with Crippen molar-refractivity contribution < 1.29 is 4.42 Å². The number of fused-ring (bicyclic) bond motifs is 2. The van der Waals surface area contributed by atoms with E-state index in [1.807, 2.05) is 6.20 Å². The minimum atomic E-state index is -1.34. The van der Waals surface area contributed by atoms with Gasteiger partial charge in [-0.2, -0.15) is 0 Å². The molecule has 0 saturated carbocycles. The van der Waals surface area contributed by atoms with Gasteiger partial charge in [0, 0.05) is 28.3 Å². The van der Waals surface area contributed by atoms with Gasteiger partial charge < -0.3 is 4.42 Å². The summed E-state index contributed by atoms with van der Waals surface area (Å²) in [6.07, 6.45) is 1.91. The minimum Gasteiger partial charge on any atom is -0.453 e. The highest BCUT2D eigenvalue weighted by Gasteiger charge is 2.22. The first-order chi connectivity index (χ1) is 16.0. The predicted octanol–water partition coefficient (Wildman–Crippen LogP) is 8.47. The molecule has 0 aliphatic heterocycles. The van der Waals surface area contributed by atoms with E-state index >= 15 is 0 Å². The van der Waals surface area contributed by atoms with E-state index in [0.29, 0.717) is 0 Å². The third kappa shape index (κ3) is 3.88. The molecule has 0 aliphatic carbocycles. The van der Waals surface area contributed by atoms with Crippen LogP contribution in [0.4, 0.5) is 0 Å². The molecule has 0 spiro atoms. The quantitative estimate of drug-likeness (QED) is 0.251. The fourth-order valence-electron chi connectivity index (χ4n) is 4.82. The van der Waals surface area contributed by atoms with Crippen molar-refractivity contribution in [3.05, 3.63) is 84.1 Å². The predicted molar refractivity (Wildman–Crippen MR) is 149 cm³/mol. The first-order valence-electron chi connectivity index (χ1n) is 12.1. The van der Waals surface area contributed by atoms with Crippen molar-refractivity contribution >= 4 is 35.0 Å². The van der Waals surface area contributed by atoms with E-state index in [2.05, 4.69) is 114 Å². The van der Waals surface area contributed by atoms with Crippen LogP contribution in [0.15, 0.2) is 77.3 Å². The van der Waals surface area contributed by atoms with Gasteiger partial charge in [0.2, 0.25) is 0 Å². The van der Waals surface area contributed by atoms with Crippen LogP contribution in [0.3, 0.4) is 0 Å². The lowest BCUT2D eigenvalue weighted by atomic mass is 9.82. The average molecular weight is 464 g/mol. The van der Waals surface area contributed by atoms with Crippen LogP contribution < -0.4 is 5.19 Å². The van der Waals surface area contributed by atoms with Crippen LogP contribution in [0.1, 0.15) is 31.9 Å². The summed E-state index contributed by atoms with van der Waals surface area (Å²) in [7, 11) is -1.34. The lowest BCUT2D eigenvalue weighted by molar-refractivity contribution is 0.596. The fourth-order valence-corrected chi connectivity index (χ4v) is 5.98. The molecule has 2 aromatic heterocycles. The largest absolute Gasteiger partial charge is 0.453 e. The van der Waals surface area contributed by atoms with Gasteiger partial charge in [-0.3, -0.25) is 4.98 Å². The normalized spacial score (nSPS) is 12.6. The topological polar surface area (TPSA) is 26.0 Å². The van der Waals surface area contributed by atoms with E-state index in [9.17, 15) is 0 Å². The third-order valence-corrected chi connectivity index (χ3v) is 8.88. The summed E-state index contributed by atoms with van der Waals surface area (Å²) < 4.78 is 6.58. The summed E-state index contributed by atoms with van der Waals surface area (Å²) >= 11 is 0. The van der Waals surface area contributed by atoms with E-state index < -0.39 is 8.07 Å². The monoisotopic (exact) mass is 463 g/mol. The highest BCUT2D eigenvalue weighted by molar-refractivity contribution is 6.88. The number of aromatic nitrogens is 1. The molecule has 0 saturated heterocycles. The molecule has 0 fully saturated rings. The van der Waals surface area contributed by atoms with Crippen LogP contribution in [0.5, 0.6) is 0 Å². The Bertz CT molecular complexity index is 1510. The molecule has 0 bridgehead atoms. The van der Waals surface area contributed by atoms with Crippen molar-refractivity contribution in [1.29, 1.82) is 0 Å². The molecule has 2 nitrogen and oxygen atoms in total. The first-order valence-corrected chi connectivity index (χ1v) is 15.6. The van der Waals surface area contributed by atoms with Crippen molar-refractivity contribution in [3.63, 3.8) is 0 Å². The third-order valence-electron chi connectivity index (χ3n) is 6.81. The zero-order valence-electron chi connectivity index (χ0n) is 21.3. The maximum Gasteiger partial charge on any atom is 0.161 e. The summed E-state index contributed by atoms with van der Waals surface area (Å²) in [5, 5.41) is 5.11. The summed E-state index contributed by atoms with van der Waals surface area (Å²) in [6, 6.07) is 24.2. The van der Waals surface area contributed by atoms with Crippen molar-refractivity contribution in [3.8, 4) is 22.6 Å². The van der Waals surface area contributed by atoms with Gasteiger partial charge in [0.15, 0.2) is 5.58 Å². The molecular weight excluding hydrogens is 430 g/mol. The molecule has 3 heteroatoms. The molecule has 0 aliphatic rings. The molecule has 3 aromatic carbocycles. The Labute approximate surface area is 203 Å². The zero-order valence-corrected chi connectivity index (χ0v) is 22.3. The Hall–Kier alpha value is -3.17. The smallest absolute Gasteiger partial charge is 0.161 e. The number of furan rings is 1. The molecule has 0 atom stereocenters. The lowest BCUT2D eigenvalue weighted by Crippen LogP contribution is -2.37. The molecule has 0 amide bonds. The second-order valence-electron chi connectivity index (χ2n) is 11.4. The van der Waals surface area contributed by atoms with E-state index in [-0.39, 0.29) is 5.41 Å². The Morgan fingerprint density at radius 2 is 1.50 bits per heavy atom. The maximum atomic E-state index is 6.58. The molecule has 0 radical (unpaired) electrons. The van der Waals surface area contributed by atoms with Crippen molar-refractivity contribution in [2.75, 3.05) is 0 Å². The van der Waals surface area contributed by atoms with Gasteiger partial charge in [0.1, 0.15) is 11.5 Å². The SMILES string of the molecule is Cc1c(-c2ccc([Si](C)(C)C)cc2)oc2c(-c3cc(C(C)(C)C)c4ccccc4c3)nccc12. The molecule has 5 aromatic rings. The summed E-state index contributed by atoms with van der Waals surface area (Å²) in [5.41, 5.74) is 6.49. The molecule has 5 rings (SSSR count). The highest BCUT2D eigenvalue weighted by atomic mass is 28.3. The standard InChI is InChI=1S/C31H33NOSi/c1-20-25-16-17-32-28(23-18-22-10-8-9-11-26(22)27(19-23)31(2,3)4)30(25)33-29(20)21-12-14-24(15-13-21)34(5,6)7/h8-19H,1-7H3. The highest BCUT2D eigenvalue weighted by Crippen LogP contribution is 2.40. The number of nitrogens with zero attached hydrogens (tertiary/aromatic N) is 1. The maximum absolute atomic E-state index is 6.58. The second-order valence-corrected chi connectivity index (χ2v) is 16.5. The number of aryl methyl sites for hydroxylation is 1. The van der Waals surface area contributed by atoms with Gasteiger partial charge in [-0.25, -0.2) is 0 Å². The van der Waals surface area contributed by atoms with Crippen LogP contribution in [0.25, 0.3) is 44.3 Å². The van der Waals surface area contributed by atoms with E-state index in [4.69, 9.17) is 9.40 Å². The van der Waals surface area contributed by atoms with Crippen LogP contribution in [0.2, 0.25) is 19.6 Å². The number of pyridine rings is 1. The van der Waals surface area contributed by atoms with Crippen molar-refractivity contribution in [2.45, 2.75) is 52.8 Å². The number of rotatable bonds is 3. The zero-order chi connectivity index (χ0) is 24.3. The van der Waals surface area contributed by atoms with Crippen LogP contribution in [-0.2, 0) is 5.41 Å². The van der Waals surface area contributed by atoms with E-state index in [1.54, 1.807) is 0 Å². The Kier molecular flexibility index (Phi) is 5.29. The van der Waals surface area contributed by atoms with Gasteiger partial charge in [-0.05, 0) is 46.9 Å². The van der Waals surface area contributed by atoms with Gasteiger partial charge in [0.05, 0.1) is 8.07 Å². The Morgan fingerprint density at radius 1 is 0.794 bits per heavy atom. The molecule has 34 heavy (non-hydrogen) atoms. The van der Waals surface area contributed by atoms with E-state index in [0.717, 1.165) is 39.1 Å². The summed E-state index contributed by atoms with van der Waals surface area (Å²) in [5.74, 6) is 0.934. The molecule has 0 unspecified atom stereocenters. The number of hydrogen-bond donors (Lipinski definition) is 0. The van der Waals surface area contributed by atoms with Gasteiger partial charge in [-0.1, -0.05) is 94.1 Å². The van der Waals surface area contributed by atoms with Crippen molar-refractivity contribution in [1.82, 2.24) is 4.98 Å². The number of hydrogen-bond acceptors (Lipinski definition) is 2. The summed E-state index contributed by atoms with van der Waals surface area (Å²) in [6.45, 7) is 16.1. The molecule has 172 valence electrons. The lowest BCUT2D eigenvalue weighted by Gasteiger charge is -2.22. The van der Waals surface area contributed by atoms with Gasteiger partial charge >= 0.3 is 0 Å². The summed E-state index contributed by atoms with van der Waals surface area (Å²) in [4.78, 5) is 4.81. The van der Waals surface area contributed by atoms with Crippen LogP contribution >= 0.6 is 0 Å². The second kappa shape index (κ2) is 7.95. The minimum absolute atomic E-state index is 0.0197. The van der Waals surface area contributed by atoms with Crippen molar-refractivity contribution in [2.24, 2.45) is 0 Å². The molecule has 0 N–H and O–H groups in total. The van der Waals surface area contributed by atoms with Crippen LogP contribution in [-0.4, -0.2) is 13.1 Å². The Morgan fingerprint density at radius 3 is 2.18 bits per heavy atom. The first kappa shape index (κ1) is 22.6. The average Bonchev–Trinajstić information content (AvgIpc) is 3.14. The van der Waals surface area contributed by atoms with E-state index in [1.165, 1.54) is 21.5 Å². The molecule has 2 heterocycles. The van der Waals surface area contributed by atoms with Gasteiger partial charge in [0.25, 0.3) is 0 Å². The van der Waals surface area contributed by atoms with Gasteiger partial charge in [-0.15, -0.1) is 0 Å². The molecular formula is C31H33NOSi. The number of benzene rings is 3. The van der Waals surface area contributed by atoms with Crippen LogP contribution in [0, 0.1) is 6.92 Å².